The van der Waals surface area contributed by atoms with Crippen LogP contribution in [-0.4, -0.2) is 26.1 Å². The highest BCUT2D eigenvalue weighted by molar-refractivity contribution is 6.31. The molecule has 0 aliphatic rings. The Labute approximate surface area is 118 Å². The lowest BCUT2D eigenvalue weighted by molar-refractivity contribution is 0.514. The molecule has 104 valence electrons. The molecule has 0 aromatic carbocycles. The molecular weight excluding hydrogens is 262 g/mol. The third kappa shape index (κ3) is 2.67. The molecule has 19 heavy (non-hydrogen) atoms. The van der Waals surface area contributed by atoms with Crippen molar-refractivity contribution in [3.63, 3.8) is 0 Å². The maximum atomic E-state index is 6.31. The molecule has 2 rings (SSSR count). The molecule has 0 spiro atoms. The maximum absolute atomic E-state index is 6.31. The zero-order valence-corrected chi connectivity index (χ0v) is 12.6. The van der Waals surface area contributed by atoms with E-state index in [1.807, 2.05) is 23.3 Å². The van der Waals surface area contributed by atoms with E-state index in [9.17, 15) is 0 Å². The summed E-state index contributed by atoms with van der Waals surface area (Å²) in [5, 5.41) is 12.9. The average Bonchev–Trinajstić information content (AvgIpc) is 2.89. The fourth-order valence-electron chi connectivity index (χ4n) is 2.36. The lowest BCUT2D eigenvalue weighted by atomic mass is 10.1. The first-order valence-electron chi connectivity index (χ1n) is 6.53. The summed E-state index contributed by atoms with van der Waals surface area (Å²) in [5.74, 6) is 0. The van der Waals surface area contributed by atoms with Gasteiger partial charge in [-0.3, -0.25) is 9.36 Å². The van der Waals surface area contributed by atoms with Gasteiger partial charge in [0.1, 0.15) is 0 Å². The smallest absolute Gasteiger partial charge is 0.0933 e. The van der Waals surface area contributed by atoms with Crippen molar-refractivity contribution in [2.75, 3.05) is 6.54 Å². The Bertz CT molecular complexity index is 557. The van der Waals surface area contributed by atoms with Crippen LogP contribution in [-0.2, 0) is 13.6 Å². The summed E-state index contributed by atoms with van der Waals surface area (Å²) in [4.78, 5) is 0. The second kappa shape index (κ2) is 5.75. The molecule has 5 nitrogen and oxygen atoms in total. The molecule has 0 saturated heterocycles. The molecule has 1 atom stereocenters. The molecule has 2 heterocycles. The van der Waals surface area contributed by atoms with Crippen molar-refractivity contribution in [2.45, 2.75) is 33.4 Å². The van der Waals surface area contributed by atoms with Crippen molar-refractivity contribution in [2.24, 2.45) is 7.05 Å². The largest absolute Gasteiger partial charge is 0.304 e. The normalized spacial score (nSPS) is 12.9. The zero-order chi connectivity index (χ0) is 14.0. The molecule has 2 aromatic rings. The standard InChI is InChI=1S/C13H20ClN5/c1-5-15-12(11-7-9(3)17-18(11)4)13-10(14)8-16-19(13)6-2/h7-8,12,15H,5-6H2,1-4H3. The van der Waals surface area contributed by atoms with Gasteiger partial charge in [-0.15, -0.1) is 0 Å². The number of nitrogens with zero attached hydrogens (tertiary/aromatic N) is 4. The third-order valence-corrected chi connectivity index (χ3v) is 3.44. The Morgan fingerprint density at radius 1 is 1.42 bits per heavy atom. The van der Waals surface area contributed by atoms with Crippen molar-refractivity contribution in [3.8, 4) is 0 Å². The Morgan fingerprint density at radius 3 is 2.68 bits per heavy atom. The van der Waals surface area contributed by atoms with Crippen LogP contribution in [0.25, 0.3) is 0 Å². The average molecular weight is 282 g/mol. The van der Waals surface area contributed by atoms with Gasteiger partial charge in [0, 0.05) is 13.6 Å². The fourth-order valence-corrected chi connectivity index (χ4v) is 2.61. The van der Waals surface area contributed by atoms with Crippen molar-refractivity contribution in [1.29, 1.82) is 0 Å². The number of hydrogen-bond acceptors (Lipinski definition) is 3. The highest BCUT2D eigenvalue weighted by Crippen LogP contribution is 2.28. The van der Waals surface area contributed by atoms with E-state index in [1.165, 1.54) is 0 Å². The van der Waals surface area contributed by atoms with Crippen molar-refractivity contribution in [1.82, 2.24) is 24.9 Å². The van der Waals surface area contributed by atoms with E-state index in [0.717, 1.165) is 30.2 Å². The number of nitrogens with one attached hydrogen (secondary N) is 1. The van der Waals surface area contributed by atoms with Crippen LogP contribution in [0.3, 0.4) is 0 Å². The SMILES string of the molecule is CCNC(c1cc(C)nn1C)c1c(Cl)cnn1CC. The molecule has 2 aromatic heterocycles. The quantitative estimate of drug-likeness (QED) is 0.915. The molecule has 0 saturated carbocycles. The van der Waals surface area contributed by atoms with Gasteiger partial charge in [-0.05, 0) is 26.5 Å². The zero-order valence-electron chi connectivity index (χ0n) is 11.8. The summed E-state index contributed by atoms with van der Waals surface area (Å²) in [6.07, 6.45) is 1.70. The van der Waals surface area contributed by atoms with Gasteiger partial charge >= 0.3 is 0 Å². The van der Waals surface area contributed by atoms with Gasteiger partial charge in [-0.1, -0.05) is 18.5 Å². The first-order valence-corrected chi connectivity index (χ1v) is 6.91. The second-order valence-electron chi connectivity index (χ2n) is 4.52. The summed E-state index contributed by atoms with van der Waals surface area (Å²) in [7, 11) is 1.95. The lowest BCUT2D eigenvalue weighted by Gasteiger charge is -2.20. The summed E-state index contributed by atoms with van der Waals surface area (Å²) in [6.45, 7) is 7.77. The van der Waals surface area contributed by atoms with Crippen LogP contribution in [0.15, 0.2) is 12.3 Å². The van der Waals surface area contributed by atoms with Crippen LogP contribution in [0.2, 0.25) is 5.02 Å². The minimum absolute atomic E-state index is 0.00569. The van der Waals surface area contributed by atoms with Crippen molar-refractivity contribution >= 4 is 11.6 Å². The van der Waals surface area contributed by atoms with Gasteiger partial charge in [-0.25, -0.2) is 0 Å². The summed E-state index contributed by atoms with van der Waals surface area (Å²) < 4.78 is 3.82. The van der Waals surface area contributed by atoms with E-state index < -0.39 is 0 Å². The molecule has 6 heteroatoms. The van der Waals surface area contributed by atoms with Gasteiger partial charge < -0.3 is 5.32 Å². The van der Waals surface area contributed by atoms with Gasteiger partial charge in [-0.2, -0.15) is 10.2 Å². The highest BCUT2D eigenvalue weighted by atomic mass is 35.5. The molecular formula is C13H20ClN5. The molecule has 0 fully saturated rings. The number of aromatic nitrogens is 4. The van der Waals surface area contributed by atoms with Gasteiger partial charge in [0.25, 0.3) is 0 Å². The maximum Gasteiger partial charge on any atom is 0.0933 e. The Morgan fingerprint density at radius 2 is 2.16 bits per heavy atom. The predicted molar refractivity (Wildman–Crippen MR) is 76.4 cm³/mol. The topological polar surface area (TPSA) is 47.7 Å². The Balaban J connectivity index is 2.51. The van der Waals surface area contributed by atoms with Crippen molar-refractivity contribution in [3.05, 3.63) is 34.4 Å². The second-order valence-corrected chi connectivity index (χ2v) is 4.93. The van der Waals surface area contributed by atoms with E-state index in [0.29, 0.717) is 5.02 Å². The highest BCUT2D eigenvalue weighted by Gasteiger charge is 2.23. The molecule has 0 bridgehead atoms. The van der Waals surface area contributed by atoms with Crippen LogP contribution in [0, 0.1) is 6.92 Å². The Kier molecular flexibility index (Phi) is 4.27. The van der Waals surface area contributed by atoms with Crippen LogP contribution in [0.5, 0.6) is 0 Å². The third-order valence-electron chi connectivity index (χ3n) is 3.15. The van der Waals surface area contributed by atoms with E-state index in [2.05, 4.69) is 35.4 Å². The number of aryl methyl sites for hydroxylation is 3. The summed E-state index contributed by atoms with van der Waals surface area (Å²) in [5.41, 5.74) is 3.09. The molecule has 1 unspecified atom stereocenters. The number of hydrogen-bond donors (Lipinski definition) is 1. The number of rotatable bonds is 5. The molecule has 0 radical (unpaired) electrons. The van der Waals surface area contributed by atoms with E-state index >= 15 is 0 Å². The van der Waals surface area contributed by atoms with Crippen molar-refractivity contribution < 1.29 is 0 Å². The minimum atomic E-state index is 0.00569. The first-order chi connectivity index (χ1) is 9.08. The molecule has 0 aliphatic carbocycles. The summed E-state index contributed by atoms with van der Waals surface area (Å²) in [6, 6.07) is 2.09. The monoisotopic (exact) mass is 281 g/mol. The molecule has 1 N–H and O–H groups in total. The van der Waals surface area contributed by atoms with Crippen LogP contribution < -0.4 is 5.32 Å². The Hall–Kier alpha value is -1.33. The van der Waals surface area contributed by atoms with Gasteiger partial charge in [0.15, 0.2) is 0 Å². The first kappa shape index (κ1) is 14.1. The number of halogens is 1. The summed E-state index contributed by atoms with van der Waals surface area (Å²) >= 11 is 6.31. The van der Waals surface area contributed by atoms with Gasteiger partial charge in [0.05, 0.1) is 34.3 Å². The van der Waals surface area contributed by atoms with E-state index in [1.54, 1.807) is 6.20 Å². The lowest BCUT2D eigenvalue weighted by Crippen LogP contribution is -2.27. The van der Waals surface area contributed by atoms with Crippen LogP contribution in [0.1, 0.15) is 37.0 Å². The predicted octanol–water partition coefficient (Wildman–Crippen LogP) is 2.30. The van der Waals surface area contributed by atoms with Crippen LogP contribution >= 0.6 is 11.6 Å². The van der Waals surface area contributed by atoms with Gasteiger partial charge in [0.2, 0.25) is 0 Å². The molecule has 0 amide bonds. The van der Waals surface area contributed by atoms with Crippen LogP contribution in [0.4, 0.5) is 0 Å². The minimum Gasteiger partial charge on any atom is -0.304 e. The van der Waals surface area contributed by atoms with E-state index in [4.69, 9.17) is 11.6 Å². The fraction of sp³-hybridized carbons (Fsp3) is 0.538. The van der Waals surface area contributed by atoms with E-state index in [-0.39, 0.29) is 6.04 Å². The molecule has 0 aliphatic heterocycles.